The maximum atomic E-state index is 12.8. The summed E-state index contributed by atoms with van der Waals surface area (Å²) < 4.78 is 7.75. The van der Waals surface area contributed by atoms with Crippen LogP contribution in [0.3, 0.4) is 0 Å². The van der Waals surface area contributed by atoms with E-state index in [1.54, 1.807) is 17.0 Å². The highest BCUT2D eigenvalue weighted by Crippen LogP contribution is 2.31. The van der Waals surface area contributed by atoms with Crippen LogP contribution in [0.5, 0.6) is 0 Å². The van der Waals surface area contributed by atoms with Crippen molar-refractivity contribution in [3.8, 4) is 23.2 Å². The third-order valence-corrected chi connectivity index (χ3v) is 5.38. The van der Waals surface area contributed by atoms with E-state index in [9.17, 15) is 10.1 Å². The number of carbonyl (C=O) groups is 1. The van der Waals surface area contributed by atoms with Gasteiger partial charge in [0.1, 0.15) is 22.9 Å². The maximum Gasteiger partial charge on any atom is 0.262 e. The van der Waals surface area contributed by atoms with Gasteiger partial charge in [0.2, 0.25) is 0 Å². The van der Waals surface area contributed by atoms with Gasteiger partial charge in [0, 0.05) is 23.7 Å². The fraction of sp³-hybridized carbons (Fsp3) is 0.0357. The highest BCUT2D eigenvalue weighted by molar-refractivity contribution is 6.02. The fourth-order valence-corrected chi connectivity index (χ4v) is 3.67. The molecule has 0 spiro atoms. The van der Waals surface area contributed by atoms with Crippen molar-refractivity contribution in [1.82, 2.24) is 15.1 Å². The molecule has 34 heavy (non-hydrogen) atoms. The molecule has 5 aromatic rings. The van der Waals surface area contributed by atoms with E-state index < -0.39 is 5.91 Å². The van der Waals surface area contributed by atoms with Crippen LogP contribution < -0.4 is 5.32 Å². The molecule has 0 fully saturated rings. The van der Waals surface area contributed by atoms with Gasteiger partial charge in [0.25, 0.3) is 5.91 Å². The lowest BCUT2D eigenvalue weighted by atomic mass is 10.1. The molecule has 1 N–H and O–H groups in total. The Hall–Kier alpha value is -4.89. The van der Waals surface area contributed by atoms with Gasteiger partial charge in [-0.15, -0.1) is 0 Å². The predicted octanol–water partition coefficient (Wildman–Crippen LogP) is 5.51. The zero-order valence-electron chi connectivity index (χ0n) is 18.2. The summed E-state index contributed by atoms with van der Waals surface area (Å²) >= 11 is 0. The molecule has 0 saturated heterocycles. The quantitative estimate of drug-likeness (QED) is 0.277. The molecule has 5 rings (SSSR count). The number of amides is 1. The van der Waals surface area contributed by atoms with Crippen molar-refractivity contribution >= 4 is 23.0 Å². The normalized spacial score (nSPS) is 11.3. The summed E-state index contributed by atoms with van der Waals surface area (Å²) in [5, 5.41) is 18.2. The molecule has 164 valence electrons. The van der Waals surface area contributed by atoms with Crippen molar-refractivity contribution in [3.63, 3.8) is 0 Å². The number of nitrogens with one attached hydrogen (secondary N) is 1. The molecule has 0 unspecified atom stereocenters. The molecule has 6 heteroatoms. The van der Waals surface area contributed by atoms with Crippen LogP contribution in [0.2, 0.25) is 0 Å². The smallest absolute Gasteiger partial charge is 0.262 e. The van der Waals surface area contributed by atoms with Crippen LogP contribution in [0, 0.1) is 11.3 Å². The summed E-state index contributed by atoms with van der Waals surface area (Å²) in [6.07, 6.45) is 3.34. The first-order valence-corrected chi connectivity index (χ1v) is 10.8. The van der Waals surface area contributed by atoms with Crippen molar-refractivity contribution < 1.29 is 9.21 Å². The van der Waals surface area contributed by atoms with E-state index in [1.807, 2.05) is 97.1 Å². The van der Waals surface area contributed by atoms with Crippen molar-refractivity contribution in [1.29, 1.82) is 5.26 Å². The van der Waals surface area contributed by atoms with Gasteiger partial charge in [0.15, 0.2) is 5.76 Å². The van der Waals surface area contributed by atoms with Crippen molar-refractivity contribution in [3.05, 3.63) is 114 Å². The average Bonchev–Trinajstić information content (AvgIpc) is 3.51. The van der Waals surface area contributed by atoms with E-state index in [2.05, 4.69) is 5.32 Å². The monoisotopic (exact) mass is 444 g/mol. The zero-order valence-corrected chi connectivity index (χ0v) is 18.2. The molecule has 2 aromatic heterocycles. The number of nitrogens with zero attached hydrogens (tertiary/aromatic N) is 3. The van der Waals surface area contributed by atoms with Crippen LogP contribution in [0.25, 0.3) is 34.2 Å². The molecule has 0 aliphatic carbocycles. The first-order chi connectivity index (χ1) is 16.7. The molecular weight excluding hydrogens is 424 g/mol. The SMILES string of the molecule is N#C/C(=C\c1cn(-c2ccccc2)nc1-c1cc2ccccc2o1)C(=O)NCc1ccccc1. The minimum absolute atomic E-state index is 0.0131. The molecule has 0 atom stereocenters. The second kappa shape index (κ2) is 9.31. The average molecular weight is 444 g/mol. The fourth-order valence-electron chi connectivity index (χ4n) is 3.67. The lowest BCUT2D eigenvalue weighted by Gasteiger charge is -2.04. The Morgan fingerprint density at radius 1 is 1.00 bits per heavy atom. The lowest BCUT2D eigenvalue weighted by Crippen LogP contribution is -2.23. The van der Waals surface area contributed by atoms with Gasteiger partial charge in [-0.1, -0.05) is 66.7 Å². The Balaban J connectivity index is 1.53. The summed E-state index contributed by atoms with van der Waals surface area (Å²) in [5.41, 5.74) is 3.68. The van der Waals surface area contributed by atoms with E-state index in [4.69, 9.17) is 9.52 Å². The summed E-state index contributed by atoms with van der Waals surface area (Å²) in [4.78, 5) is 12.8. The molecule has 1 amide bonds. The number of fused-ring (bicyclic) bond motifs is 1. The minimum Gasteiger partial charge on any atom is -0.454 e. The molecule has 6 nitrogen and oxygen atoms in total. The summed E-state index contributed by atoms with van der Waals surface area (Å²) in [6, 6.07) is 30.8. The van der Waals surface area contributed by atoms with Crippen molar-refractivity contribution in [2.45, 2.75) is 6.54 Å². The Labute approximate surface area is 196 Å². The number of carbonyl (C=O) groups excluding carboxylic acids is 1. The van der Waals surface area contributed by atoms with E-state index in [1.165, 1.54) is 0 Å². The van der Waals surface area contributed by atoms with Gasteiger partial charge >= 0.3 is 0 Å². The van der Waals surface area contributed by atoms with Crippen molar-refractivity contribution in [2.24, 2.45) is 0 Å². The lowest BCUT2D eigenvalue weighted by molar-refractivity contribution is -0.117. The number of benzene rings is 3. The Kier molecular flexibility index (Phi) is 5.74. The predicted molar refractivity (Wildman–Crippen MR) is 131 cm³/mol. The summed E-state index contributed by atoms with van der Waals surface area (Å²) in [7, 11) is 0. The Bertz CT molecular complexity index is 1490. The molecule has 0 aliphatic rings. The van der Waals surface area contributed by atoms with Crippen LogP contribution in [-0.4, -0.2) is 15.7 Å². The topological polar surface area (TPSA) is 83.8 Å². The molecule has 0 radical (unpaired) electrons. The zero-order chi connectivity index (χ0) is 23.3. The van der Waals surface area contributed by atoms with Gasteiger partial charge in [-0.05, 0) is 35.9 Å². The van der Waals surface area contributed by atoms with Gasteiger partial charge in [-0.25, -0.2) is 4.68 Å². The number of hydrogen-bond acceptors (Lipinski definition) is 4. The van der Waals surface area contributed by atoms with Gasteiger partial charge in [-0.3, -0.25) is 4.79 Å². The Morgan fingerprint density at radius 3 is 2.44 bits per heavy atom. The van der Waals surface area contributed by atoms with Gasteiger partial charge < -0.3 is 9.73 Å². The number of furan rings is 1. The van der Waals surface area contributed by atoms with Crippen LogP contribution in [0.1, 0.15) is 11.1 Å². The van der Waals surface area contributed by atoms with E-state index in [0.29, 0.717) is 23.6 Å². The first kappa shape index (κ1) is 21.0. The highest BCUT2D eigenvalue weighted by Gasteiger charge is 2.18. The number of hydrogen-bond donors (Lipinski definition) is 1. The number of rotatable bonds is 6. The molecule has 2 heterocycles. The van der Waals surface area contributed by atoms with Gasteiger partial charge in [0.05, 0.1) is 5.69 Å². The van der Waals surface area contributed by atoms with E-state index in [0.717, 1.165) is 22.2 Å². The largest absolute Gasteiger partial charge is 0.454 e. The summed E-state index contributed by atoms with van der Waals surface area (Å²) in [6.45, 7) is 0.332. The molecule has 0 aliphatic heterocycles. The maximum absolute atomic E-state index is 12.8. The van der Waals surface area contributed by atoms with E-state index >= 15 is 0 Å². The Morgan fingerprint density at radius 2 is 1.71 bits per heavy atom. The third kappa shape index (κ3) is 4.36. The molecular formula is C28H20N4O2. The number of aromatic nitrogens is 2. The molecule has 3 aromatic carbocycles. The standard InChI is InChI=1S/C28H20N4O2/c29-17-22(28(33)30-18-20-9-3-1-4-10-20)15-23-19-32(24-12-5-2-6-13-24)31-27(23)26-16-21-11-7-8-14-25(21)34-26/h1-16,19H,18H2,(H,30,33)/b22-15+. The van der Waals surface area contributed by atoms with Crippen LogP contribution >= 0.6 is 0 Å². The van der Waals surface area contributed by atoms with Gasteiger partial charge in [-0.2, -0.15) is 10.4 Å². The van der Waals surface area contributed by atoms with E-state index in [-0.39, 0.29) is 5.57 Å². The molecule has 0 bridgehead atoms. The number of nitriles is 1. The first-order valence-electron chi connectivity index (χ1n) is 10.8. The highest BCUT2D eigenvalue weighted by atomic mass is 16.3. The second-order valence-corrected chi connectivity index (χ2v) is 7.70. The minimum atomic E-state index is -0.450. The van der Waals surface area contributed by atoms with Crippen molar-refractivity contribution in [2.75, 3.05) is 0 Å². The summed E-state index contributed by atoms with van der Waals surface area (Å²) in [5.74, 6) is 0.110. The second-order valence-electron chi connectivity index (χ2n) is 7.70. The third-order valence-electron chi connectivity index (χ3n) is 5.38. The van der Waals surface area contributed by atoms with Crippen LogP contribution in [0.15, 0.2) is 107 Å². The van der Waals surface area contributed by atoms with Crippen LogP contribution in [-0.2, 0) is 11.3 Å². The molecule has 0 saturated carbocycles. The number of para-hydroxylation sites is 2. The van der Waals surface area contributed by atoms with Crippen LogP contribution in [0.4, 0.5) is 0 Å².